The highest BCUT2D eigenvalue weighted by atomic mass is 15.2. The van der Waals surface area contributed by atoms with Crippen LogP contribution in [0.5, 0.6) is 0 Å². The number of rotatable bonds is 5. The highest BCUT2D eigenvalue weighted by Gasteiger charge is 2.50. The molecule has 0 atom stereocenters. The van der Waals surface area contributed by atoms with Gasteiger partial charge in [-0.25, -0.2) is 0 Å². The Bertz CT molecular complexity index is 3610. The number of benzene rings is 9. The maximum absolute atomic E-state index is 2.69. The monoisotopic (exact) mass is 950 g/mol. The molecule has 3 aliphatic rings. The quantitative estimate of drug-likeness (QED) is 0.159. The Balaban J connectivity index is 1.19. The number of aryl methyl sites for hydroxylation is 2. The van der Waals surface area contributed by atoms with Gasteiger partial charge >= 0.3 is 6.85 Å². The van der Waals surface area contributed by atoms with Crippen molar-refractivity contribution in [2.75, 3.05) is 14.6 Å². The van der Waals surface area contributed by atoms with Crippen LogP contribution < -0.4 is 25.5 Å². The average Bonchev–Trinajstić information content (AvgIpc) is 3.36. The molecule has 9 aromatic rings. The molecule has 0 aromatic heterocycles. The lowest BCUT2D eigenvalue weighted by atomic mass is 9.42. The third kappa shape index (κ3) is 7.46. The average molecular weight is 950 g/mol. The van der Waals surface area contributed by atoms with Gasteiger partial charge in [-0.1, -0.05) is 173 Å². The molecule has 9 aromatic carbocycles. The fraction of sp³-hybridized carbons (Fsp3) is 0.246. The molecule has 0 aliphatic carbocycles. The van der Waals surface area contributed by atoms with Gasteiger partial charge in [0.1, 0.15) is 0 Å². The summed E-state index contributed by atoms with van der Waals surface area (Å²) in [5.41, 5.74) is 26.2. The van der Waals surface area contributed by atoms with Gasteiger partial charge in [0.2, 0.25) is 0 Å². The second-order valence-electron chi connectivity index (χ2n) is 24.8. The smallest absolute Gasteiger partial charge is 0.333 e. The highest BCUT2D eigenvalue weighted by molar-refractivity contribution is 6.93. The van der Waals surface area contributed by atoms with Crippen molar-refractivity contribution < 1.29 is 0 Å². The molecule has 3 heterocycles. The van der Waals surface area contributed by atoms with E-state index >= 15 is 0 Å². The summed E-state index contributed by atoms with van der Waals surface area (Å²) in [4.78, 5) is 7.82. The summed E-state index contributed by atoms with van der Waals surface area (Å²) < 4.78 is 0. The van der Waals surface area contributed by atoms with E-state index in [1.165, 1.54) is 111 Å². The van der Waals surface area contributed by atoms with Gasteiger partial charge in [0.25, 0.3) is 0 Å². The Kier molecular flexibility index (Phi) is 10.5. The Labute approximate surface area is 435 Å². The lowest BCUT2D eigenvalue weighted by molar-refractivity contribution is 0.590. The molecular weight excluding hydrogens is 882 g/mol. The molecular formula is C69H68BN3. The van der Waals surface area contributed by atoms with E-state index in [9.17, 15) is 0 Å². The van der Waals surface area contributed by atoms with Crippen LogP contribution in [0.15, 0.2) is 176 Å². The molecule has 12 rings (SSSR count). The Morgan fingerprint density at radius 3 is 1.64 bits per heavy atom. The van der Waals surface area contributed by atoms with Gasteiger partial charge in [0.15, 0.2) is 0 Å². The molecule has 0 saturated heterocycles. The molecule has 362 valence electrons. The van der Waals surface area contributed by atoms with Gasteiger partial charge in [-0.2, -0.15) is 0 Å². The Morgan fingerprint density at radius 1 is 0.452 bits per heavy atom. The summed E-state index contributed by atoms with van der Waals surface area (Å²) >= 11 is 0. The first-order valence-electron chi connectivity index (χ1n) is 26.5. The van der Waals surface area contributed by atoms with Crippen LogP contribution in [0, 0.1) is 13.8 Å². The van der Waals surface area contributed by atoms with Crippen LogP contribution in [-0.2, 0) is 21.7 Å². The van der Waals surface area contributed by atoms with Crippen LogP contribution in [0.2, 0.25) is 0 Å². The number of hydrogen-bond acceptors (Lipinski definition) is 3. The van der Waals surface area contributed by atoms with Gasteiger partial charge < -0.3 is 14.6 Å². The molecule has 3 nitrogen and oxygen atoms in total. The zero-order chi connectivity index (χ0) is 51.1. The van der Waals surface area contributed by atoms with E-state index in [2.05, 4.69) is 281 Å². The molecule has 0 amide bonds. The van der Waals surface area contributed by atoms with Crippen LogP contribution >= 0.6 is 0 Å². The van der Waals surface area contributed by atoms with Crippen LogP contribution in [0.1, 0.15) is 115 Å². The highest BCUT2D eigenvalue weighted by Crippen LogP contribution is 2.57. The fourth-order valence-electron chi connectivity index (χ4n) is 12.4. The summed E-state index contributed by atoms with van der Waals surface area (Å²) in [5, 5.41) is 2.52. The van der Waals surface area contributed by atoms with Crippen molar-refractivity contribution in [1.82, 2.24) is 0 Å². The molecule has 0 bridgehead atoms. The summed E-state index contributed by atoms with van der Waals surface area (Å²) in [6, 6.07) is 68.0. The first-order valence-corrected chi connectivity index (χ1v) is 26.5. The first kappa shape index (κ1) is 46.8. The minimum atomic E-state index is -0.260. The topological polar surface area (TPSA) is 9.72 Å². The molecule has 0 N–H and O–H groups in total. The number of para-hydroxylation sites is 1. The van der Waals surface area contributed by atoms with E-state index in [0.29, 0.717) is 0 Å². The van der Waals surface area contributed by atoms with E-state index in [1.807, 2.05) is 0 Å². The Hall–Kier alpha value is -7.30. The zero-order valence-corrected chi connectivity index (χ0v) is 45.2. The minimum Gasteiger partial charge on any atom is -0.376 e. The molecule has 73 heavy (non-hydrogen) atoms. The summed E-state index contributed by atoms with van der Waals surface area (Å²) in [6.07, 6.45) is 0. The normalized spacial score (nSPS) is 14.4. The number of hydrogen-bond donors (Lipinski definition) is 0. The number of anilines is 8. The predicted octanol–water partition coefficient (Wildman–Crippen LogP) is 17.8. The third-order valence-electron chi connectivity index (χ3n) is 16.5. The van der Waals surface area contributed by atoms with Gasteiger partial charge in [0, 0.05) is 50.8 Å². The second-order valence-corrected chi connectivity index (χ2v) is 24.8. The van der Waals surface area contributed by atoms with Gasteiger partial charge in [0.05, 0.1) is 5.69 Å². The van der Waals surface area contributed by atoms with Crippen molar-refractivity contribution >= 4 is 74.0 Å². The standard InChI is InChI=1S/C69H68BN3/c1-43-19-16-20-44(2)63(43)47-37-56-55-42-53(71(51-31-27-48(28-32-51)66(3,4)5)52-33-29-49(30-34-52)67(6,7)8)35-36-60(55)73(54-24-17-23-50(41-54)68(9,10)11)70-59-26-18-25-57-65(59)72(62(40-47)64(56)70)61-39-46-22-15-14-21-45(46)38-58(61)69(57,12)13/h14-42H,1-13H3. The summed E-state index contributed by atoms with van der Waals surface area (Å²) in [6.45, 7) is 30.1. The maximum Gasteiger partial charge on any atom is 0.333 e. The molecule has 4 heteroatoms. The van der Waals surface area contributed by atoms with Gasteiger partial charge in [-0.3, -0.25) is 0 Å². The number of nitrogens with zero attached hydrogens (tertiary/aromatic N) is 3. The lowest BCUT2D eigenvalue weighted by Gasteiger charge is -2.50. The molecule has 0 saturated carbocycles. The molecule has 0 spiro atoms. The number of fused-ring (bicyclic) bond motifs is 7. The SMILES string of the molecule is Cc1cccc(C)c1-c1cc2c3c(c1)N1c4cc5ccccc5cc4C(C)(C)c4cccc(c41)B3N(c1cccc(C(C)(C)C)c1)c1ccc(N(c3ccc(C(C)(C)C)cc3)c3ccc(C(C)(C)C)cc3)cc1-2. The largest absolute Gasteiger partial charge is 0.376 e. The van der Waals surface area contributed by atoms with Crippen LogP contribution in [0.4, 0.5) is 45.5 Å². The van der Waals surface area contributed by atoms with Crippen molar-refractivity contribution in [2.45, 2.75) is 112 Å². The molecule has 0 unspecified atom stereocenters. The fourth-order valence-corrected chi connectivity index (χ4v) is 12.4. The third-order valence-corrected chi connectivity index (χ3v) is 16.5. The van der Waals surface area contributed by atoms with Gasteiger partial charge in [-0.15, -0.1) is 0 Å². The van der Waals surface area contributed by atoms with Crippen molar-refractivity contribution in [2.24, 2.45) is 0 Å². The van der Waals surface area contributed by atoms with Crippen molar-refractivity contribution in [3.63, 3.8) is 0 Å². The minimum absolute atomic E-state index is 0.0322. The van der Waals surface area contributed by atoms with E-state index < -0.39 is 0 Å². The zero-order valence-electron chi connectivity index (χ0n) is 45.2. The van der Waals surface area contributed by atoms with Crippen LogP contribution in [-0.4, -0.2) is 6.85 Å². The van der Waals surface area contributed by atoms with E-state index in [1.54, 1.807) is 0 Å². The first-order chi connectivity index (χ1) is 34.7. The lowest BCUT2D eigenvalue weighted by Crippen LogP contribution is -2.62. The summed E-state index contributed by atoms with van der Waals surface area (Å²) in [5.74, 6) is 0. The molecule has 0 radical (unpaired) electrons. The predicted molar refractivity (Wildman–Crippen MR) is 315 cm³/mol. The molecule has 0 fully saturated rings. The Morgan fingerprint density at radius 2 is 1.03 bits per heavy atom. The van der Waals surface area contributed by atoms with Gasteiger partial charge in [-0.05, 0) is 186 Å². The van der Waals surface area contributed by atoms with Crippen molar-refractivity contribution in [1.29, 1.82) is 0 Å². The van der Waals surface area contributed by atoms with E-state index in [0.717, 1.165) is 17.1 Å². The van der Waals surface area contributed by atoms with Crippen LogP contribution in [0.25, 0.3) is 33.0 Å². The van der Waals surface area contributed by atoms with Crippen molar-refractivity contribution in [3.8, 4) is 22.3 Å². The van der Waals surface area contributed by atoms with Crippen molar-refractivity contribution in [3.05, 3.63) is 215 Å². The second kappa shape index (κ2) is 16.4. The summed E-state index contributed by atoms with van der Waals surface area (Å²) in [7, 11) is 0. The maximum atomic E-state index is 2.69. The van der Waals surface area contributed by atoms with E-state index in [4.69, 9.17) is 0 Å². The van der Waals surface area contributed by atoms with Crippen LogP contribution in [0.3, 0.4) is 0 Å². The molecule has 3 aliphatic heterocycles. The van der Waals surface area contributed by atoms with E-state index in [-0.39, 0.29) is 28.5 Å².